The fraction of sp³-hybridized carbons (Fsp3) is 0.462. The normalized spacial score (nSPS) is 19.4. The van der Waals surface area contributed by atoms with E-state index in [0.717, 1.165) is 0 Å². The molecule has 0 spiro atoms. The van der Waals surface area contributed by atoms with Crippen LogP contribution in [0, 0.1) is 5.41 Å². The third kappa shape index (κ3) is 2.57. The fourth-order valence-corrected chi connectivity index (χ4v) is 1.88. The predicted molar refractivity (Wildman–Crippen MR) is 72.0 cm³/mol. The van der Waals surface area contributed by atoms with Gasteiger partial charge < -0.3 is 14.8 Å². The van der Waals surface area contributed by atoms with E-state index in [2.05, 4.69) is 25.8 Å². The zero-order chi connectivity index (χ0) is 13.3. The molecule has 0 bridgehead atoms. The largest absolute Gasteiger partial charge is 0.489 e. The Morgan fingerprint density at radius 1 is 1.28 bits per heavy atom. The average molecular weight is 247 g/mol. The topological polar surface area (TPSA) is 62.0 Å². The van der Waals surface area contributed by atoms with Crippen LogP contribution in [0.4, 0.5) is 0 Å². The van der Waals surface area contributed by atoms with Crippen molar-refractivity contribution in [3.05, 3.63) is 29.8 Å². The molecule has 0 fully saturated rings. The maximum atomic E-state index is 9.34. The highest BCUT2D eigenvalue weighted by atomic mass is 16.5. The van der Waals surface area contributed by atoms with E-state index in [0.29, 0.717) is 23.5 Å². The van der Waals surface area contributed by atoms with E-state index in [-0.39, 0.29) is 11.5 Å². The molecule has 0 saturated carbocycles. The van der Waals surface area contributed by atoms with Gasteiger partial charge in [-0.3, -0.25) is 0 Å². The Morgan fingerprint density at radius 3 is 2.50 bits per heavy atom. The third-order valence-electron chi connectivity index (χ3n) is 3.12. The lowest BCUT2D eigenvalue weighted by molar-refractivity contribution is 0.236. The van der Waals surface area contributed by atoms with Crippen LogP contribution < -0.4 is 5.46 Å². The van der Waals surface area contributed by atoms with Crippen LogP contribution in [-0.2, 0) is 4.74 Å². The second-order valence-corrected chi connectivity index (χ2v) is 5.59. The number of hydrogen-bond donors (Lipinski definition) is 2. The van der Waals surface area contributed by atoms with Crippen molar-refractivity contribution < 1.29 is 14.8 Å². The molecule has 1 aromatic carbocycles. The first-order valence-electron chi connectivity index (χ1n) is 6.05. The molecule has 1 heterocycles. The second-order valence-electron chi connectivity index (χ2n) is 5.59. The first kappa shape index (κ1) is 13.1. The summed E-state index contributed by atoms with van der Waals surface area (Å²) in [6.07, 6.45) is 0. The number of benzene rings is 1. The number of ether oxygens (including phenoxy) is 1. The molecular formula is C13H18BNO3. The van der Waals surface area contributed by atoms with Crippen molar-refractivity contribution in [1.82, 2.24) is 0 Å². The van der Waals surface area contributed by atoms with Gasteiger partial charge in [-0.1, -0.05) is 39.0 Å². The minimum absolute atomic E-state index is 0.0362. The Labute approximate surface area is 107 Å². The maximum absolute atomic E-state index is 9.34. The molecule has 5 heteroatoms. The van der Waals surface area contributed by atoms with Crippen LogP contribution in [-0.4, -0.2) is 35.7 Å². The highest BCUT2D eigenvalue weighted by molar-refractivity contribution is 6.60. The zero-order valence-corrected chi connectivity index (χ0v) is 10.9. The SMILES string of the molecule is CC(C)(C)[C@H]1COC(c2ccccc2B(O)O)=N1. The predicted octanol–water partition coefficient (Wildman–Crippen LogP) is 0.558. The highest BCUT2D eigenvalue weighted by Crippen LogP contribution is 2.27. The summed E-state index contributed by atoms with van der Waals surface area (Å²) in [6.45, 7) is 6.87. The van der Waals surface area contributed by atoms with E-state index in [1.807, 2.05) is 6.07 Å². The Kier molecular flexibility index (Phi) is 3.46. The van der Waals surface area contributed by atoms with E-state index < -0.39 is 7.12 Å². The van der Waals surface area contributed by atoms with Crippen LogP contribution in [0.25, 0.3) is 0 Å². The lowest BCUT2D eigenvalue weighted by Crippen LogP contribution is -2.34. The summed E-state index contributed by atoms with van der Waals surface area (Å²) in [5.41, 5.74) is 1.11. The molecular weight excluding hydrogens is 229 g/mol. The number of hydrogen-bond acceptors (Lipinski definition) is 4. The molecule has 0 aromatic heterocycles. The van der Waals surface area contributed by atoms with E-state index in [1.54, 1.807) is 18.2 Å². The standard InChI is InChI=1S/C13H18BNO3/c1-13(2,3)11-8-18-12(15-11)9-6-4-5-7-10(9)14(16)17/h4-7,11,16-17H,8H2,1-3H3/t11-/m1/s1. The summed E-state index contributed by atoms with van der Waals surface area (Å²) >= 11 is 0. The van der Waals surface area contributed by atoms with Crippen molar-refractivity contribution in [3.63, 3.8) is 0 Å². The van der Waals surface area contributed by atoms with Gasteiger partial charge in [0.15, 0.2) is 0 Å². The summed E-state index contributed by atoms with van der Waals surface area (Å²) in [7, 11) is -1.51. The number of rotatable bonds is 2. The smallest absolute Gasteiger partial charge is 0.475 e. The van der Waals surface area contributed by atoms with Crippen molar-refractivity contribution in [2.45, 2.75) is 26.8 Å². The minimum atomic E-state index is -1.51. The van der Waals surface area contributed by atoms with Crippen molar-refractivity contribution in [2.75, 3.05) is 6.61 Å². The van der Waals surface area contributed by atoms with Gasteiger partial charge >= 0.3 is 7.12 Å². The highest BCUT2D eigenvalue weighted by Gasteiger charge is 2.32. The van der Waals surface area contributed by atoms with E-state index in [4.69, 9.17) is 4.74 Å². The number of aliphatic imine (C=N–C) groups is 1. The Morgan fingerprint density at radius 2 is 1.94 bits per heavy atom. The molecule has 96 valence electrons. The monoisotopic (exact) mass is 247 g/mol. The van der Waals surface area contributed by atoms with Gasteiger partial charge in [0.25, 0.3) is 0 Å². The first-order chi connectivity index (χ1) is 8.39. The first-order valence-corrected chi connectivity index (χ1v) is 6.05. The van der Waals surface area contributed by atoms with Gasteiger partial charge in [-0.15, -0.1) is 0 Å². The molecule has 4 nitrogen and oxygen atoms in total. The van der Waals surface area contributed by atoms with Gasteiger partial charge in [-0.05, 0) is 16.9 Å². The molecule has 2 rings (SSSR count). The molecule has 1 aromatic rings. The van der Waals surface area contributed by atoms with Crippen LogP contribution in [0.5, 0.6) is 0 Å². The third-order valence-corrected chi connectivity index (χ3v) is 3.12. The summed E-state index contributed by atoms with van der Waals surface area (Å²) in [6, 6.07) is 7.14. The average Bonchev–Trinajstić information content (AvgIpc) is 2.77. The molecule has 0 saturated heterocycles. The van der Waals surface area contributed by atoms with Crippen molar-refractivity contribution in [1.29, 1.82) is 0 Å². The molecule has 2 N–H and O–H groups in total. The Hall–Kier alpha value is -1.33. The lowest BCUT2D eigenvalue weighted by atomic mass is 9.77. The lowest BCUT2D eigenvalue weighted by Gasteiger charge is -2.21. The van der Waals surface area contributed by atoms with E-state index >= 15 is 0 Å². The van der Waals surface area contributed by atoms with Gasteiger partial charge in [0, 0.05) is 5.56 Å². The van der Waals surface area contributed by atoms with Crippen LogP contribution in [0.15, 0.2) is 29.3 Å². The summed E-state index contributed by atoms with van der Waals surface area (Å²) in [5.74, 6) is 0.499. The minimum Gasteiger partial charge on any atom is -0.475 e. The second kappa shape index (κ2) is 4.74. The van der Waals surface area contributed by atoms with E-state index in [1.165, 1.54) is 0 Å². The van der Waals surface area contributed by atoms with Crippen molar-refractivity contribution >= 4 is 18.5 Å². The quantitative estimate of drug-likeness (QED) is 0.750. The van der Waals surface area contributed by atoms with Gasteiger partial charge in [0.1, 0.15) is 6.61 Å². The van der Waals surface area contributed by atoms with Crippen molar-refractivity contribution in [3.8, 4) is 0 Å². The molecule has 18 heavy (non-hydrogen) atoms. The van der Waals surface area contributed by atoms with E-state index in [9.17, 15) is 10.0 Å². The zero-order valence-electron chi connectivity index (χ0n) is 10.9. The van der Waals surface area contributed by atoms with Crippen LogP contribution in [0.2, 0.25) is 0 Å². The van der Waals surface area contributed by atoms with Gasteiger partial charge in [0.2, 0.25) is 5.90 Å². The Balaban J connectivity index is 2.34. The molecule has 1 atom stereocenters. The molecule has 1 aliphatic heterocycles. The van der Waals surface area contributed by atoms with Gasteiger partial charge in [-0.25, -0.2) is 4.99 Å². The van der Waals surface area contributed by atoms with Crippen LogP contribution >= 0.6 is 0 Å². The molecule has 1 aliphatic rings. The maximum Gasteiger partial charge on any atom is 0.489 e. The summed E-state index contributed by atoms with van der Waals surface area (Å²) < 4.78 is 5.60. The van der Waals surface area contributed by atoms with Crippen molar-refractivity contribution in [2.24, 2.45) is 10.4 Å². The molecule has 0 unspecified atom stereocenters. The summed E-state index contributed by atoms with van der Waals surface area (Å²) in [5, 5.41) is 18.7. The van der Waals surface area contributed by atoms with Crippen LogP contribution in [0.1, 0.15) is 26.3 Å². The number of nitrogens with zero attached hydrogens (tertiary/aromatic N) is 1. The van der Waals surface area contributed by atoms with Gasteiger partial charge in [-0.2, -0.15) is 0 Å². The van der Waals surface area contributed by atoms with Gasteiger partial charge in [0.05, 0.1) is 6.04 Å². The fourth-order valence-electron chi connectivity index (χ4n) is 1.88. The molecule has 0 aliphatic carbocycles. The van der Waals surface area contributed by atoms with Crippen LogP contribution in [0.3, 0.4) is 0 Å². The summed E-state index contributed by atoms with van der Waals surface area (Å²) in [4.78, 5) is 4.54. The Bertz CT molecular complexity index is 466. The molecule has 0 radical (unpaired) electrons. The molecule has 0 amide bonds.